The van der Waals surface area contributed by atoms with Crippen LogP contribution < -0.4 is 5.32 Å². The summed E-state index contributed by atoms with van der Waals surface area (Å²) < 4.78 is 6.05. The molecule has 1 aromatic heterocycles. The number of hydrogen-bond donors (Lipinski definition) is 1. The summed E-state index contributed by atoms with van der Waals surface area (Å²) in [6, 6.07) is 9.42. The fourth-order valence-corrected chi connectivity index (χ4v) is 2.68. The summed E-state index contributed by atoms with van der Waals surface area (Å²) in [5.41, 5.74) is 2.40. The lowest BCUT2D eigenvalue weighted by Crippen LogP contribution is -2.12. The fourth-order valence-electron chi connectivity index (χ4n) is 1.55. The number of hydrogen-bond acceptors (Lipinski definition) is 3. The zero-order valence-corrected chi connectivity index (χ0v) is 12.2. The Balaban J connectivity index is 2.16. The molecule has 0 radical (unpaired) electrons. The lowest BCUT2D eigenvalue weighted by molar-refractivity contribution is 0.102. The fraction of sp³-hybridized carbons (Fsp3) is 0.154. The normalized spacial score (nSPS) is 10.3. The van der Waals surface area contributed by atoms with Gasteiger partial charge in [0, 0.05) is 23.7 Å². The number of amides is 1. The van der Waals surface area contributed by atoms with E-state index in [-0.39, 0.29) is 5.91 Å². The maximum atomic E-state index is 12.0. The van der Waals surface area contributed by atoms with E-state index < -0.39 is 0 Å². The number of rotatable bonds is 4. The molecule has 0 spiro atoms. The highest BCUT2D eigenvalue weighted by Crippen LogP contribution is 2.22. The number of nitrogens with one attached hydrogen (secondary N) is 1. The van der Waals surface area contributed by atoms with Gasteiger partial charge in [-0.05, 0) is 28.1 Å². The topological polar surface area (TPSA) is 38.3 Å². The molecule has 94 valence electrons. The highest BCUT2D eigenvalue weighted by molar-refractivity contribution is 9.11. The van der Waals surface area contributed by atoms with Crippen molar-refractivity contribution in [3.63, 3.8) is 0 Å². The third-order valence-electron chi connectivity index (χ3n) is 2.40. The minimum absolute atomic E-state index is 0.111. The number of ether oxygens (including phenoxy) is 1. The number of thiophene rings is 1. The second-order valence-corrected chi connectivity index (χ2v) is 5.97. The van der Waals surface area contributed by atoms with Crippen molar-refractivity contribution in [2.24, 2.45) is 0 Å². The average Bonchev–Trinajstić information content (AvgIpc) is 2.79. The van der Waals surface area contributed by atoms with Gasteiger partial charge in [0.15, 0.2) is 0 Å². The predicted molar refractivity (Wildman–Crippen MR) is 77.1 cm³/mol. The zero-order valence-electron chi connectivity index (χ0n) is 9.77. The van der Waals surface area contributed by atoms with Crippen molar-refractivity contribution in [2.75, 3.05) is 12.4 Å². The third-order valence-corrected chi connectivity index (χ3v) is 3.90. The average molecular weight is 326 g/mol. The number of halogens is 1. The van der Waals surface area contributed by atoms with Crippen LogP contribution in [0.3, 0.4) is 0 Å². The molecule has 0 aliphatic heterocycles. The molecule has 3 nitrogen and oxygen atoms in total. The predicted octanol–water partition coefficient (Wildman–Crippen LogP) is 3.91. The summed E-state index contributed by atoms with van der Waals surface area (Å²) in [6.07, 6.45) is 0. The van der Waals surface area contributed by atoms with Crippen LogP contribution in [0.15, 0.2) is 39.5 Å². The van der Waals surface area contributed by atoms with Gasteiger partial charge >= 0.3 is 0 Å². The molecule has 1 aromatic carbocycles. The van der Waals surface area contributed by atoms with Crippen LogP contribution in [-0.2, 0) is 11.3 Å². The molecule has 18 heavy (non-hydrogen) atoms. The molecule has 0 aliphatic carbocycles. The first kappa shape index (κ1) is 13.3. The van der Waals surface area contributed by atoms with Crippen LogP contribution in [0.4, 0.5) is 5.69 Å². The Kier molecular flexibility index (Phi) is 4.52. The van der Waals surface area contributed by atoms with Crippen LogP contribution in [0, 0.1) is 0 Å². The first-order valence-electron chi connectivity index (χ1n) is 5.33. The lowest BCUT2D eigenvalue weighted by atomic mass is 10.2. The van der Waals surface area contributed by atoms with E-state index in [1.807, 2.05) is 29.6 Å². The molecule has 0 aliphatic rings. The molecule has 1 amide bonds. The number of methoxy groups -OCH3 is 1. The third kappa shape index (κ3) is 3.19. The van der Waals surface area contributed by atoms with Crippen molar-refractivity contribution in [3.8, 4) is 0 Å². The van der Waals surface area contributed by atoms with Crippen molar-refractivity contribution >= 4 is 38.9 Å². The van der Waals surface area contributed by atoms with Crippen LogP contribution in [0.5, 0.6) is 0 Å². The molecule has 2 rings (SSSR count). The second kappa shape index (κ2) is 6.13. The standard InChI is InChI=1S/C13H12BrNO2S/c1-17-7-9-4-2-3-5-11(9)15-13(16)10-6-12(14)18-8-10/h2-6,8H,7H2,1H3,(H,15,16). The molecule has 0 bridgehead atoms. The molecule has 0 fully saturated rings. The van der Waals surface area contributed by atoms with E-state index in [0.717, 1.165) is 15.0 Å². The summed E-state index contributed by atoms with van der Waals surface area (Å²) in [4.78, 5) is 12.0. The molecule has 0 atom stereocenters. The number of benzene rings is 1. The minimum Gasteiger partial charge on any atom is -0.380 e. The van der Waals surface area contributed by atoms with Crippen LogP contribution >= 0.6 is 27.3 Å². The molecule has 1 N–H and O–H groups in total. The van der Waals surface area contributed by atoms with Gasteiger partial charge in [0.1, 0.15) is 0 Å². The molecular formula is C13H12BrNO2S. The number of carbonyl (C=O) groups excluding carboxylic acids is 1. The second-order valence-electron chi connectivity index (χ2n) is 3.68. The van der Waals surface area contributed by atoms with E-state index >= 15 is 0 Å². The number of para-hydroxylation sites is 1. The maximum absolute atomic E-state index is 12.0. The monoisotopic (exact) mass is 325 g/mol. The lowest BCUT2D eigenvalue weighted by Gasteiger charge is -2.09. The van der Waals surface area contributed by atoms with Crippen LogP contribution in [-0.4, -0.2) is 13.0 Å². The van der Waals surface area contributed by atoms with Gasteiger partial charge in [0.25, 0.3) is 5.91 Å². The molecule has 0 unspecified atom stereocenters. The molecule has 5 heteroatoms. The summed E-state index contributed by atoms with van der Waals surface area (Å²) in [5, 5.41) is 4.71. The summed E-state index contributed by atoms with van der Waals surface area (Å²) in [6.45, 7) is 0.476. The largest absolute Gasteiger partial charge is 0.380 e. The van der Waals surface area contributed by atoms with Crippen molar-refractivity contribution in [2.45, 2.75) is 6.61 Å². The Morgan fingerprint density at radius 1 is 1.44 bits per heavy atom. The van der Waals surface area contributed by atoms with E-state index in [2.05, 4.69) is 21.2 Å². The Bertz CT molecular complexity index is 553. The van der Waals surface area contributed by atoms with Crippen molar-refractivity contribution in [3.05, 3.63) is 50.6 Å². The van der Waals surface area contributed by atoms with Crippen LogP contribution in [0.25, 0.3) is 0 Å². The molecule has 0 saturated heterocycles. The Morgan fingerprint density at radius 3 is 2.89 bits per heavy atom. The van der Waals surface area contributed by atoms with Gasteiger partial charge in [-0.25, -0.2) is 0 Å². The number of anilines is 1. The van der Waals surface area contributed by atoms with Gasteiger partial charge in [-0.1, -0.05) is 18.2 Å². The SMILES string of the molecule is COCc1ccccc1NC(=O)c1csc(Br)c1. The van der Waals surface area contributed by atoms with Gasteiger partial charge in [-0.15, -0.1) is 11.3 Å². The zero-order chi connectivity index (χ0) is 13.0. The molecular weight excluding hydrogens is 314 g/mol. The Hall–Kier alpha value is -1.17. The smallest absolute Gasteiger partial charge is 0.256 e. The Labute approximate surface area is 118 Å². The summed E-state index contributed by atoms with van der Waals surface area (Å²) in [5.74, 6) is -0.111. The van der Waals surface area contributed by atoms with Gasteiger partial charge < -0.3 is 10.1 Å². The minimum atomic E-state index is -0.111. The Morgan fingerprint density at radius 2 is 2.22 bits per heavy atom. The van der Waals surface area contributed by atoms with Crippen LogP contribution in [0.2, 0.25) is 0 Å². The summed E-state index contributed by atoms with van der Waals surface area (Å²) >= 11 is 4.83. The summed E-state index contributed by atoms with van der Waals surface area (Å²) in [7, 11) is 1.63. The van der Waals surface area contributed by atoms with Crippen molar-refractivity contribution in [1.82, 2.24) is 0 Å². The molecule has 2 aromatic rings. The quantitative estimate of drug-likeness (QED) is 0.925. The van der Waals surface area contributed by atoms with E-state index in [4.69, 9.17) is 4.74 Å². The number of carbonyl (C=O) groups is 1. The molecule has 1 heterocycles. The van der Waals surface area contributed by atoms with Gasteiger partial charge in [0.05, 0.1) is 16.0 Å². The van der Waals surface area contributed by atoms with Gasteiger partial charge in [-0.3, -0.25) is 4.79 Å². The van der Waals surface area contributed by atoms with Crippen molar-refractivity contribution in [1.29, 1.82) is 0 Å². The van der Waals surface area contributed by atoms with Gasteiger partial charge in [-0.2, -0.15) is 0 Å². The van der Waals surface area contributed by atoms with Crippen LogP contribution in [0.1, 0.15) is 15.9 Å². The van der Waals surface area contributed by atoms with Crippen molar-refractivity contribution < 1.29 is 9.53 Å². The van der Waals surface area contributed by atoms with E-state index in [9.17, 15) is 4.79 Å². The van der Waals surface area contributed by atoms with E-state index in [1.165, 1.54) is 11.3 Å². The van der Waals surface area contributed by atoms with Gasteiger partial charge in [0.2, 0.25) is 0 Å². The molecule has 0 saturated carbocycles. The first-order valence-corrected chi connectivity index (χ1v) is 7.00. The van der Waals surface area contributed by atoms with E-state index in [0.29, 0.717) is 12.2 Å². The maximum Gasteiger partial charge on any atom is 0.256 e. The first-order chi connectivity index (χ1) is 8.70. The highest BCUT2D eigenvalue weighted by atomic mass is 79.9. The van der Waals surface area contributed by atoms with E-state index in [1.54, 1.807) is 13.2 Å². The highest BCUT2D eigenvalue weighted by Gasteiger charge is 2.10.